The van der Waals surface area contributed by atoms with Gasteiger partial charge < -0.3 is 16.0 Å². The lowest BCUT2D eigenvalue weighted by molar-refractivity contribution is -0.116. The van der Waals surface area contributed by atoms with E-state index in [4.69, 9.17) is 11.6 Å². The Morgan fingerprint density at radius 1 is 1.04 bits per heavy atom. The molecule has 2 amide bonds. The molecule has 1 aromatic carbocycles. The molecule has 120 valence electrons. The molecule has 0 bridgehead atoms. The van der Waals surface area contributed by atoms with Gasteiger partial charge in [-0.3, -0.25) is 9.59 Å². The minimum absolute atomic E-state index is 0.131. The van der Waals surface area contributed by atoms with E-state index < -0.39 is 6.04 Å². The predicted octanol–water partition coefficient (Wildman–Crippen LogP) is 3.13. The first kappa shape index (κ1) is 16.8. The first-order valence-electron chi connectivity index (χ1n) is 7.00. The number of amides is 2. The standard InChI is InChI=1S/C16H17ClN4O2/c1-10(16(23)21-15-8-3-12(17)9-18-15)19-13-4-6-14(7-5-13)20-11(2)22/h3-10,19H,1-2H3,(H,20,22)(H,18,21,23)/t10-/m0/s1. The first-order chi connectivity index (χ1) is 10.9. The SMILES string of the molecule is CC(=O)Nc1ccc(N[C@@H](C)C(=O)Nc2ccc(Cl)cn2)cc1. The second-order valence-electron chi connectivity index (χ2n) is 4.98. The molecule has 0 radical (unpaired) electrons. The Kier molecular flexibility index (Phi) is 5.54. The molecular weight excluding hydrogens is 316 g/mol. The van der Waals surface area contributed by atoms with E-state index in [9.17, 15) is 9.59 Å². The maximum atomic E-state index is 12.1. The quantitative estimate of drug-likeness (QED) is 0.785. The van der Waals surface area contributed by atoms with Crippen LogP contribution in [0, 0.1) is 0 Å². The Labute approximate surface area is 139 Å². The van der Waals surface area contributed by atoms with Gasteiger partial charge in [0.25, 0.3) is 0 Å². The molecule has 0 unspecified atom stereocenters. The van der Waals surface area contributed by atoms with E-state index in [1.165, 1.54) is 13.1 Å². The van der Waals surface area contributed by atoms with Gasteiger partial charge in [-0.2, -0.15) is 0 Å². The lowest BCUT2D eigenvalue weighted by atomic mass is 10.2. The number of hydrogen-bond acceptors (Lipinski definition) is 4. The summed E-state index contributed by atoms with van der Waals surface area (Å²) in [5.74, 6) is 0.0914. The van der Waals surface area contributed by atoms with Gasteiger partial charge in [0.05, 0.1) is 5.02 Å². The van der Waals surface area contributed by atoms with Gasteiger partial charge in [-0.05, 0) is 43.3 Å². The molecule has 7 heteroatoms. The van der Waals surface area contributed by atoms with E-state index in [2.05, 4.69) is 20.9 Å². The zero-order chi connectivity index (χ0) is 16.8. The summed E-state index contributed by atoms with van der Waals surface area (Å²) in [6.07, 6.45) is 1.47. The maximum absolute atomic E-state index is 12.1. The van der Waals surface area contributed by atoms with E-state index in [0.29, 0.717) is 16.5 Å². The number of nitrogens with one attached hydrogen (secondary N) is 3. The van der Waals surface area contributed by atoms with Crippen LogP contribution in [0.3, 0.4) is 0 Å². The number of pyridine rings is 1. The molecule has 0 spiro atoms. The van der Waals surface area contributed by atoms with Crippen molar-refractivity contribution in [3.8, 4) is 0 Å². The van der Waals surface area contributed by atoms with Crippen LogP contribution in [0.25, 0.3) is 0 Å². The third-order valence-electron chi connectivity index (χ3n) is 2.96. The Hall–Kier alpha value is -2.60. The number of benzene rings is 1. The number of carbonyl (C=O) groups excluding carboxylic acids is 2. The lowest BCUT2D eigenvalue weighted by Gasteiger charge is -2.15. The van der Waals surface area contributed by atoms with Gasteiger partial charge in [0.2, 0.25) is 11.8 Å². The summed E-state index contributed by atoms with van der Waals surface area (Å²) in [6.45, 7) is 3.19. The van der Waals surface area contributed by atoms with E-state index in [0.717, 1.165) is 5.69 Å². The number of aromatic nitrogens is 1. The molecule has 0 fully saturated rings. The summed E-state index contributed by atoms with van der Waals surface area (Å²) in [5.41, 5.74) is 1.47. The van der Waals surface area contributed by atoms with Crippen molar-refractivity contribution in [3.05, 3.63) is 47.6 Å². The van der Waals surface area contributed by atoms with Crippen molar-refractivity contribution < 1.29 is 9.59 Å². The molecule has 0 aliphatic heterocycles. The van der Waals surface area contributed by atoms with Crippen molar-refractivity contribution in [2.24, 2.45) is 0 Å². The molecular formula is C16H17ClN4O2. The number of rotatable bonds is 5. The third kappa shape index (κ3) is 5.27. The number of hydrogen-bond donors (Lipinski definition) is 3. The molecule has 3 N–H and O–H groups in total. The summed E-state index contributed by atoms with van der Waals surface area (Å²) in [4.78, 5) is 27.1. The van der Waals surface area contributed by atoms with Gasteiger partial charge in [-0.1, -0.05) is 11.6 Å². The Balaban J connectivity index is 1.92. The van der Waals surface area contributed by atoms with Gasteiger partial charge >= 0.3 is 0 Å². The highest BCUT2D eigenvalue weighted by Gasteiger charge is 2.13. The molecule has 0 saturated carbocycles. The first-order valence-corrected chi connectivity index (χ1v) is 7.38. The van der Waals surface area contributed by atoms with E-state index in [1.807, 2.05) is 0 Å². The lowest BCUT2D eigenvalue weighted by Crippen LogP contribution is -2.32. The highest BCUT2D eigenvalue weighted by molar-refractivity contribution is 6.30. The molecule has 6 nitrogen and oxygen atoms in total. The smallest absolute Gasteiger partial charge is 0.247 e. The molecule has 2 rings (SSSR count). The Bertz CT molecular complexity index is 686. The molecule has 0 saturated heterocycles. The zero-order valence-electron chi connectivity index (χ0n) is 12.8. The fourth-order valence-corrected chi connectivity index (χ4v) is 1.96. The fraction of sp³-hybridized carbons (Fsp3) is 0.188. The van der Waals surface area contributed by atoms with Gasteiger partial charge in [-0.15, -0.1) is 0 Å². The molecule has 0 aliphatic carbocycles. The molecule has 2 aromatic rings. The summed E-state index contributed by atoms with van der Waals surface area (Å²) in [7, 11) is 0. The van der Waals surface area contributed by atoms with Gasteiger partial charge in [0.15, 0.2) is 0 Å². The number of anilines is 3. The van der Waals surface area contributed by atoms with Crippen LogP contribution >= 0.6 is 11.6 Å². The highest BCUT2D eigenvalue weighted by atomic mass is 35.5. The second kappa shape index (κ2) is 7.60. The van der Waals surface area contributed by atoms with Crippen molar-refractivity contribution in [3.63, 3.8) is 0 Å². The Morgan fingerprint density at radius 2 is 1.70 bits per heavy atom. The Morgan fingerprint density at radius 3 is 2.26 bits per heavy atom. The van der Waals surface area contributed by atoms with Gasteiger partial charge in [-0.25, -0.2) is 4.98 Å². The fourth-order valence-electron chi connectivity index (χ4n) is 1.85. The summed E-state index contributed by atoms with van der Waals surface area (Å²) in [5, 5.41) is 8.96. The van der Waals surface area contributed by atoms with Crippen LogP contribution in [0.2, 0.25) is 5.02 Å². The average Bonchev–Trinajstić information content (AvgIpc) is 2.51. The largest absolute Gasteiger partial charge is 0.374 e. The minimum Gasteiger partial charge on any atom is -0.374 e. The number of carbonyl (C=O) groups is 2. The van der Waals surface area contributed by atoms with Crippen molar-refractivity contribution in [1.29, 1.82) is 0 Å². The van der Waals surface area contributed by atoms with E-state index >= 15 is 0 Å². The van der Waals surface area contributed by atoms with E-state index in [1.54, 1.807) is 43.3 Å². The third-order valence-corrected chi connectivity index (χ3v) is 3.18. The van der Waals surface area contributed by atoms with Crippen LogP contribution < -0.4 is 16.0 Å². The van der Waals surface area contributed by atoms with E-state index in [-0.39, 0.29) is 11.8 Å². The zero-order valence-corrected chi connectivity index (χ0v) is 13.5. The van der Waals surface area contributed by atoms with Crippen molar-refractivity contribution in [1.82, 2.24) is 4.98 Å². The highest BCUT2D eigenvalue weighted by Crippen LogP contribution is 2.15. The molecule has 0 aliphatic rings. The number of halogens is 1. The topological polar surface area (TPSA) is 83.1 Å². The van der Waals surface area contributed by atoms with Gasteiger partial charge in [0.1, 0.15) is 11.9 Å². The van der Waals surface area contributed by atoms with Crippen LogP contribution in [0.15, 0.2) is 42.6 Å². The summed E-state index contributed by atoms with van der Waals surface area (Å²) < 4.78 is 0. The van der Waals surface area contributed by atoms with Crippen molar-refractivity contribution in [2.75, 3.05) is 16.0 Å². The van der Waals surface area contributed by atoms with Crippen LogP contribution in [-0.2, 0) is 9.59 Å². The van der Waals surface area contributed by atoms with Crippen LogP contribution in [0.5, 0.6) is 0 Å². The van der Waals surface area contributed by atoms with Crippen LogP contribution in [0.4, 0.5) is 17.2 Å². The number of nitrogens with zero attached hydrogens (tertiary/aromatic N) is 1. The predicted molar refractivity (Wildman–Crippen MR) is 91.7 cm³/mol. The van der Waals surface area contributed by atoms with Crippen molar-refractivity contribution >= 4 is 40.6 Å². The maximum Gasteiger partial charge on any atom is 0.247 e. The molecule has 23 heavy (non-hydrogen) atoms. The summed E-state index contributed by atoms with van der Waals surface area (Å²) in [6, 6.07) is 9.92. The van der Waals surface area contributed by atoms with Crippen molar-refractivity contribution in [2.45, 2.75) is 19.9 Å². The molecule has 1 heterocycles. The molecule has 1 aromatic heterocycles. The van der Waals surface area contributed by atoms with Crippen LogP contribution in [0.1, 0.15) is 13.8 Å². The second-order valence-corrected chi connectivity index (χ2v) is 5.41. The normalized spacial score (nSPS) is 11.4. The minimum atomic E-state index is -0.459. The van der Waals surface area contributed by atoms with Crippen LogP contribution in [-0.4, -0.2) is 22.8 Å². The van der Waals surface area contributed by atoms with Gasteiger partial charge in [0, 0.05) is 24.5 Å². The monoisotopic (exact) mass is 332 g/mol. The average molecular weight is 333 g/mol. The molecule has 1 atom stereocenters. The summed E-state index contributed by atoms with van der Waals surface area (Å²) >= 11 is 5.75.